The van der Waals surface area contributed by atoms with Gasteiger partial charge in [0, 0.05) is 36.5 Å². The molecule has 1 saturated heterocycles. The molecular weight excluding hydrogens is 503 g/mol. The number of nitrogens with zero attached hydrogens (tertiary/aromatic N) is 2. The normalized spacial score (nSPS) is 16.1. The molecule has 3 N–H and O–H groups in total. The maximum absolute atomic E-state index is 6.22. The zero-order valence-electron chi connectivity index (χ0n) is 16.5. The molecule has 0 aliphatic carbocycles. The van der Waals surface area contributed by atoms with E-state index in [1.807, 2.05) is 42.5 Å². The van der Waals surface area contributed by atoms with Crippen molar-refractivity contribution in [2.75, 3.05) is 45.3 Å². The third-order valence-corrected chi connectivity index (χ3v) is 4.97. The first-order valence-electron chi connectivity index (χ1n) is 9.38. The Balaban J connectivity index is 0.00000300. The van der Waals surface area contributed by atoms with Crippen LogP contribution in [0.3, 0.4) is 0 Å². The molecular formula is C21H28ClIN4O2. The molecule has 0 radical (unpaired) electrons. The van der Waals surface area contributed by atoms with Crippen molar-refractivity contribution in [2.45, 2.75) is 12.6 Å². The van der Waals surface area contributed by atoms with Crippen molar-refractivity contribution in [3.63, 3.8) is 0 Å². The SMILES string of the molecule is COCc1ccccc1NC(N)=NCC(c1cccc(Cl)c1)N1CCOCC1.I. The van der Waals surface area contributed by atoms with Crippen LogP contribution in [-0.2, 0) is 16.1 Å². The second-order valence-corrected chi connectivity index (χ2v) is 7.10. The van der Waals surface area contributed by atoms with Crippen molar-refractivity contribution in [1.29, 1.82) is 0 Å². The van der Waals surface area contributed by atoms with Crippen LogP contribution in [0.2, 0.25) is 5.02 Å². The van der Waals surface area contributed by atoms with Crippen molar-refractivity contribution in [2.24, 2.45) is 10.7 Å². The molecule has 0 bridgehead atoms. The molecule has 2 aromatic rings. The highest BCUT2D eigenvalue weighted by Gasteiger charge is 2.22. The first-order chi connectivity index (χ1) is 13.7. The number of aliphatic imine (C=N–C) groups is 1. The summed E-state index contributed by atoms with van der Waals surface area (Å²) < 4.78 is 10.7. The summed E-state index contributed by atoms with van der Waals surface area (Å²) in [5.41, 5.74) is 9.25. The number of morpholine rings is 1. The van der Waals surface area contributed by atoms with Gasteiger partial charge in [-0.05, 0) is 23.8 Å². The average molecular weight is 531 g/mol. The fourth-order valence-electron chi connectivity index (χ4n) is 3.32. The molecule has 158 valence electrons. The van der Waals surface area contributed by atoms with Crippen molar-refractivity contribution in [3.05, 3.63) is 64.7 Å². The van der Waals surface area contributed by atoms with Crippen LogP contribution in [0.5, 0.6) is 0 Å². The van der Waals surface area contributed by atoms with Crippen LogP contribution in [-0.4, -0.2) is 50.8 Å². The van der Waals surface area contributed by atoms with Gasteiger partial charge in [0.05, 0.1) is 32.4 Å². The Hall–Kier alpha value is -1.39. The fourth-order valence-corrected chi connectivity index (χ4v) is 3.52. The lowest BCUT2D eigenvalue weighted by molar-refractivity contribution is 0.0180. The molecule has 2 aromatic carbocycles. The number of hydrogen-bond donors (Lipinski definition) is 2. The van der Waals surface area contributed by atoms with E-state index in [1.54, 1.807) is 7.11 Å². The Morgan fingerprint density at radius 3 is 2.72 bits per heavy atom. The standard InChI is InChI=1S/C21H27ClN4O2.HI/c1-27-15-17-5-2-3-8-19(17)25-21(23)24-14-20(26-9-11-28-12-10-26)16-6-4-7-18(22)13-16;/h2-8,13,20H,9-12,14-15H2,1H3,(H3,23,24,25);1H. The molecule has 0 amide bonds. The van der Waals surface area contributed by atoms with E-state index in [0.717, 1.165) is 48.1 Å². The molecule has 1 atom stereocenters. The third kappa shape index (κ3) is 7.11. The lowest BCUT2D eigenvalue weighted by Gasteiger charge is -2.34. The molecule has 8 heteroatoms. The van der Waals surface area contributed by atoms with Crippen molar-refractivity contribution >= 4 is 47.2 Å². The van der Waals surface area contributed by atoms with Gasteiger partial charge in [0.15, 0.2) is 5.96 Å². The van der Waals surface area contributed by atoms with Gasteiger partial charge in [0.1, 0.15) is 0 Å². The lowest BCUT2D eigenvalue weighted by atomic mass is 10.0. The van der Waals surface area contributed by atoms with E-state index in [0.29, 0.717) is 19.1 Å². The highest BCUT2D eigenvalue weighted by molar-refractivity contribution is 14.0. The molecule has 1 aliphatic heterocycles. The minimum absolute atomic E-state index is 0. The summed E-state index contributed by atoms with van der Waals surface area (Å²) in [7, 11) is 1.67. The highest BCUT2D eigenvalue weighted by Crippen LogP contribution is 2.25. The lowest BCUT2D eigenvalue weighted by Crippen LogP contribution is -2.40. The number of nitrogens with one attached hydrogen (secondary N) is 1. The van der Waals surface area contributed by atoms with Gasteiger partial charge in [0.25, 0.3) is 0 Å². The summed E-state index contributed by atoms with van der Waals surface area (Å²) in [5, 5.41) is 3.92. The Bertz CT molecular complexity index is 800. The van der Waals surface area contributed by atoms with Gasteiger partial charge >= 0.3 is 0 Å². The van der Waals surface area contributed by atoms with E-state index >= 15 is 0 Å². The van der Waals surface area contributed by atoms with E-state index in [-0.39, 0.29) is 30.0 Å². The van der Waals surface area contributed by atoms with Crippen LogP contribution < -0.4 is 11.1 Å². The van der Waals surface area contributed by atoms with Gasteiger partial charge in [0.2, 0.25) is 0 Å². The number of nitrogens with two attached hydrogens (primary N) is 1. The van der Waals surface area contributed by atoms with Crippen LogP contribution in [0.15, 0.2) is 53.5 Å². The number of para-hydroxylation sites is 1. The summed E-state index contributed by atoms with van der Waals surface area (Å²) in [5.74, 6) is 0.379. The van der Waals surface area contributed by atoms with E-state index in [1.165, 1.54) is 0 Å². The molecule has 0 spiro atoms. The number of hydrogen-bond acceptors (Lipinski definition) is 4. The van der Waals surface area contributed by atoms with E-state index in [4.69, 9.17) is 26.8 Å². The van der Waals surface area contributed by atoms with E-state index < -0.39 is 0 Å². The van der Waals surface area contributed by atoms with Crippen LogP contribution in [0, 0.1) is 0 Å². The number of rotatable bonds is 7. The van der Waals surface area contributed by atoms with Gasteiger partial charge in [-0.2, -0.15) is 0 Å². The van der Waals surface area contributed by atoms with Gasteiger partial charge in [-0.15, -0.1) is 24.0 Å². The van der Waals surface area contributed by atoms with Crippen LogP contribution in [0.25, 0.3) is 0 Å². The predicted octanol–water partition coefficient (Wildman–Crippen LogP) is 3.90. The highest BCUT2D eigenvalue weighted by atomic mass is 127. The first-order valence-corrected chi connectivity index (χ1v) is 9.76. The average Bonchev–Trinajstić information content (AvgIpc) is 2.71. The molecule has 1 aliphatic rings. The molecule has 29 heavy (non-hydrogen) atoms. The number of guanidine groups is 1. The second kappa shape index (κ2) is 12.3. The number of anilines is 1. The maximum Gasteiger partial charge on any atom is 0.193 e. The summed E-state index contributed by atoms with van der Waals surface area (Å²) in [6, 6.07) is 15.9. The van der Waals surface area contributed by atoms with Crippen molar-refractivity contribution in [1.82, 2.24) is 4.90 Å². The summed E-state index contributed by atoms with van der Waals surface area (Å²) in [6.07, 6.45) is 0. The number of benzene rings is 2. The molecule has 0 saturated carbocycles. The zero-order valence-corrected chi connectivity index (χ0v) is 19.6. The van der Waals surface area contributed by atoms with E-state index in [2.05, 4.69) is 21.3 Å². The maximum atomic E-state index is 6.22. The van der Waals surface area contributed by atoms with E-state index in [9.17, 15) is 0 Å². The van der Waals surface area contributed by atoms with Gasteiger partial charge in [-0.25, -0.2) is 0 Å². The smallest absolute Gasteiger partial charge is 0.193 e. The molecule has 3 rings (SSSR count). The summed E-state index contributed by atoms with van der Waals surface area (Å²) in [6.45, 7) is 4.20. The Labute approximate surface area is 194 Å². The number of ether oxygens (including phenoxy) is 2. The Kier molecular flexibility index (Phi) is 10.2. The topological polar surface area (TPSA) is 72.1 Å². The number of methoxy groups -OCH3 is 1. The van der Waals surface area contributed by atoms with Crippen molar-refractivity contribution in [3.8, 4) is 0 Å². The van der Waals surface area contributed by atoms with Crippen LogP contribution >= 0.6 is 35.6 Å². The fraction of sp³-hybridized carbons (Fsp3) is 0.381. The van der Waals surface area contributed by atoms with Crippen LogP contribution in [0.1, 0.15) is 17.2 Å². The number of halogens is 2. The molecule has 6 nitrogen and oxygen atoms in total. The largest absolute Gasteiger partial charge is 0.380 e. The Morgan fingerprint density at radius 1 is 1.24 bits per heavy atom. The molecule has 1 fully saturated rings. The Morgan fingerprint density at radius 2 is 2.00 bits per heavy atom. The van der Waals surface area contributed by atoms with Gasteiger partial charge in [-0.1, -0.05) is 41.9 Å². The molecule has 1 heterocycles. The first kappa shape index (κ1) is 23.9. The molecule has 1 unspecified atom stereocenters. The zero-order chi connectivity index (χ0) is 19.8. The minimum atomic E-state index is 0. The van der Waals surface area contributed by atoms with Crippen molar-refractivity contribution < 1.29 is 9.47 Å². The molecule has 0 aromatic heterocycles. The predicted molar refractivity (Wildman–Crippen MR) is 129 cm³/mol. The summed E-state index contributed by atoms with van der Waals surface area (Å²) in [4.78, 5) is 6.99. The summed E-state index contributed by atoms with van der Waals surface area (Å²) >= 11 is 6.22. The van der Waals surface area contributed by atoms with Crippen LogP contribution in [0.4, 0.5) is 5.69 Å². The van der Waals surface area contributed by atoms with Gasteiger partial charge in [-0.3, -0.25) is 9.89 Å². The van der Waals surface area contributed by atoms with Gasteiger partial charge < -0.3 is 20.5 Å². The monoisotopic (exact) mass is 530 g/mol. The minimum Gasteiger partial charge on any atom is -0.380 e. The third-order valence-electron chi connectivity index (χ3n) is 4.73. The quantitative estimate of drug-likeness (QED) is 0.323. The second-order valence-electron chi connectivity index (χ2n) is 6.66.